The molecule has 212 valence electrons. The zero-order chi connectivity index (χ0) is 26.4. The van der Waals surface area contributed by atoms with Crippen LogP contribution in [0.4, 0.5) is 0 Å². The van der Waals surface area contributed by atoms with E-state index < -0.39 is 0 Å². The first kappa shape index (κ1) is 34.7. The van der Waals surface area contributed by atoms with Crippen LogP contribution in [-0.4, -0.2) is 25.2 Å². The minimum absolute atomic E-state index is 0.0150. The molecule has 36 heavy (non-hydrogen) atoms. The highest BCUT2D eigenvalue weighted by Gasteiger charge is 2.03. The summed E-state index contributed by atoms with van der Waals surface area (Å²) in [5, 5.41) is 0. The first-order valence-corrected chi connectivity index (χ1v) is 15.7. The van der Waals surface area contributed by atoms with Gasteiger partial charge in [0.15, 0.2) is 0 Å². The summed E-state index contributed by atoms with van der Waals surface area (Å²) in [6.45, 7) is 5.65. The molecular weight excluding hydrogens is 448 g/mol. The molecular formula is C32H60O4. The van der Waals surface area contributed by atoms with Gasteiger partial charge in [0.2, 0.25) is 0 Å². The van der Waals surface area contributed by atoms with E-state index in [0.717, 1.165) is 51.4 Å². The summed E-state index contributed by atoms with van der Waals surface area (Å²) in [5.41, 5.74) is 0. The summed E-state index contributed by atoms with van der Waals surface area (Å²) in [5.74, 6) is -0.0450. The van der Waals surface area contributed by atoms with Crippen molar-refractivity contribution < 1.29 is 19.1 Å². The van der Waals surface area contributed by atoms with Gasteiger partial charge >= 0.3 is 11.9 Å². The van der Waals surface area contributed by atoms with Crippen LogP contribution in [0, 0.1) is 0 Å². The largest absolute Gasteiger partial charge is 0.466 e. The minimum atomic E-state index is -0.0300. The number of ether oxygens (including phenoxy) is 2. The second-order valence-electron chi connectivity index (χ2n) is 10.4. The van der Waals surface area contributed by atoms with Crippen LogP contribution in [0.2, 0.25) is 0 Å². The standard InChI is InChI=1S/C32H60O4/c1-3-5-7-9-21-25-29-35-31(33)27-23-19-17-15-13-11-12-14-16-18-20-24-28-32(34)36-30-26-22-10-8-6-4-2/h13,15H,3-12,14,16-30H2,1-2H3/b15-13+. The van der Waals surface area contributed by atoms with Crippen molar-refractivity contribution in [1.29, 1.82) is 0 Å². The van der Waals surface area contributed by atoms with Crippen molar-refractivity contribution in [1.82, 2.24) is 0 Å². The van der Waals surface area contributed by atoms with Gasteiger partial charge in [-0.15, -0.1) is 0 Å². The molecule has 0 aliphatic rings. The molecule has 4 nitrogen and oxygen atoms in total. The molecule has 0 N–H and O–H groups in total. The van der Waals surface area contributed by atoms with E-state index in [-0.39, 0.29) is 11.9 Å². The fourth-order valence-corrected chi connectivity index (χ4v) is 4.29. The first-order valence-electron chi connectivity index (χ1n) is 15.7. The van der Waals surface area contributed by atoms with Crippen molar-refractivity contribution in [3.8, 4) is 0 Å². The Hall–Kier alpha value is -1.32. The molecule has 0 aromatic heterocycles. The van der Waals surface area contributed by atoms with Crippen LogP contribution in [0.5, 0.6) is 0 Å². The minimum Gasteiger partial charge on any atom is -0.466 e. The topological polar surface area (TPSA) is 52.6 Å². The molecule has 0 radical (unpaired) electrons. The van der Waals surface area contributed by atoms with E-state index in [2.05, 4.69) is 26.0 Å². The highest BCUT2D eigenvalue weighted by Crippen LogP contribution is 2.11. The van der Waals surface area contributed by atoms with Crippen LogP contribution in [0.15, 0.2) is 12.2 Å². The van der Waals surface area contributed by atoms with Crippen LogP contribution < -0.4 is 0 Å². The second-order valence-corrected chi connectivity index (χ2v) is 10.4. The van der Waals surface area contributed by atoms with E-state index >= 15 is 0 Å². The third-order valence-corrected chi connectivity index (χ3v) is 6.69. The van der Waals surface area contributed by atoms with Crippen LogP contribution in [0.3, 0.4) is 0 Å². The van der Waals surface area contributed by atoms with E-state index in [9.17, 15) is 9.59 Å². The molecule has 0 bridgehead atoms. The van der Waals surface area contributed by atoms with E-state index in [1.165, 1.54) is 89.9 Å². The first-order chi connectivity index (χ1) is 17.7. The van der Waals surface area contributed by atoms with Gasteiger partial charge in [-0.2, -0.15) is 0 Å². The molecule has 0 heterocycles. The molecule has 0 spiro atoms. The van der Waals surface area contributed by atoms with Gasteiger partial charge in [-0.3, -0.25) is 9.59 Å². The molecule has 0 aromatic carbocycles. The molecule has 0 amide bonds. The van der Waals surface area contributed by atoms with Gasteiger partial charge in [0.1, 0.15) is 0 Å². The maximum Gasteiger partial charge on any atom is 0.305 e. The molecule has 0 unspecified atom stereocenters. The van der Waals surface area contributed by atoms with Gasteiger partial charge in [0, 0.05) is 12.8 Å². The molecule has 0 fully saturated rings. The van der Waals surface area contributed by atoms with Gasteiger partial charge < -0.3 is 9.47 Å². The lowest BCUT2D eigenvalue weighted by molar-refractivity contribution is -0.144. The lowest BCUT2D eigenvalue weighted by Crippen LogP contribution is -2.05. The molecule has 0 aliphatic carbocycles. The van der Waals surface area contributed by atoms with Crippen molar-refractivity contribution in [3.05, 3.63) is 12.2 Å². The lowest BCUT2D eigenvalue weighted by atomic mass is 10.1. The summed E-state index contributed by atoms with van der Waals surface area (Å²) < 4.78 is 10.7. The van der Waals surface area contributed by atoms with Crippen molar-refractivity contribution in [2.24, 2.45) is 0 Å². The fraction of sp³-hybridized carbons (Fsp3) is 0.875. The molecule has 4 heteroatoms. The van der Waals surface area contributed by atoms with Gasteiger partial charge in [0.05, 0.1) is 13.2 Å². The average Bonchev–Trinajstić information content (AvgIpc) is 2.87. The Bertz CT molecular complexity index is 500. The Morgan fingerprint density at radius 2 is 0.778 bits per heavy atom. The number of hydrogen-bond acceptors (Lipinski definition) is 4. The van der Waals surface area contributed by atoms with Crippen molar-refractivity contribution in [2.45, 2.75) is 168 Å². The van der Waals surface area contributed by atoms with Crippen LogP contribution in [-0.2, 0) is 19.1 Å². The van der Waals surface area contributed by atoms with Crippen molar-refractivity contribution in [3.63, 3.8) is 0 Å². The Balaban J connectivity index is 3.28. The molecule has 0 rings (SSSR count). The van der Waals surface area contributed by atoms with E-state index in [4.69, 9.17) is 9.47 Å². The predicted molar refractivity (Wildman–Crippen MR) is 153 cm³/mol. The number of unbranched alkanes of at least 4 members (excludes halogenated alkanes) is 18. The quantitative estimate of drug-likeness (QED) is 0.0599. The fourth-order valence-electron chi connectivity index (χ4n) is 4.29. The van der Waals surface area contributed by atoms with Crippen molar-refractivity contribution in [2.75, 3.05) is 13.2 Å². The summed E-state index contributed by atoms with van der Waals surface area (Å²) >= 11 is 0. The zero-order valence-corrected chi connectivity index (χ0v) is 24.2. The van der Waals surface area contributed by atoms with Gasteiger partial charge in [-0.05, 0) is 51.4 Å². The molecule has 0 aliphatic heterocycles. The summed E-state index contributed by atoms with van der Waals surface area (Å²) in [6, 6.07) is 0. The van der Waals surface area contributed by atoms with Crippen LogP contribution in [0.25, 0.3) is 0 Å². The van der Waals surface area contributed by atoms with Gasteiger partial charge in [0.25, 0.3) is 0 Å². The Kier molecular flexibility index (Phi) is 28.8. The second kappa shape index (κ2) is 29.9. The number of hydrogen-bond donors (Lipinski definition) is 0. The maximum atomic E-state index is 11.8. The zero-order valence-electron chi connectivity index (χ0n) is 24.2. The predicted octanol–water partition coefficient (Wildman–Crippen LogP) is 10.0. The number of carbonyl (C=O) groups is 2. The Morgan fingerprint density at radius 1 is 0.444 bits per heavy atom. The number of carbonyl (C=O) groups excluding carboxylic acids is 2. The third-order valence-electron chi connectivity index (χ3n) is 6.69. The Labute approximate surface area is 224 Å². The lowest BCUT2D eigenvalue weighted by Gasteiger charge is -2.05. The molecule has 0 saturated carbocycles. The van der Waals surface area contributed by atoms with E-state index in [0.29, 0.717) is 26.1 Å². The van der Waals surface area contributed by atoms with Gasteiger partial charge in [-0.25, -0.2) is 0 Å². The van der Waals surface area contributed by atoms with E-state index in [1.54, 1.807) is 0 Å². The summed E-state index contributed by atoms with van der Waals surface area (Å²) in [4.78, 5) is 23.5. The highest BCUT2D eigenvalue weighted by molar-refractivity contribution is 5.69. The van der Waals surface area contributed by atoms with Crippen molar-refractivity contribution >= 4 is 11.9 Å². The number of allylic oxidation sites excluding steroid dienone is 2. The SMILES string of the molecule is CCCCCCCCOC(=O)CCCC/C=C/CCCCCCCCC(=O)OCCCCCCCC. The smallest absolute Gasteiger partial charge is 0.305 e. The van der Waals surface area contributed by atoms with E-state index in [1.807, 2.05) is 0 Å². The Morgan fingerprint density at radius 3 is 1.25 bits per heavy atom. The van der Waals surface area contributed by atoms with Crippen LogP contribution >= 0.6 is 0 Å². The normalized spacial score (nSPS) is 11.3. The average molecular weight is 509 g/mol. The molecule has 0 aromatic rings. The molecule has 0 atom stereocenters. The number of rotatable bonds is 28. The summed E-state index contributed by atoms with van der Waals surface area (Å²) in [7, 11) is 0. The van der Waals surface area contributed by atoms with Gasteiger partial charge in [-0.1, -0.05) is 116 Å². The summed E-state index contributed by atoms with van der Waals surface area (Å²) in [6.07, 6.45) is 31.6. The number of esters is 2. The highest BCUT2D eigenvalue weighted by atomic mass is 16.5. The van der Waals surface area contributed by atoms with Crippen LogP contribution in [0.1, 0.15) is 168 Å². The molecule has 0 saturated heterocycles. The maximum absolute atomic E-state index is 11.8. The monoisotopic (exact) mass is 508 g/mol. The third kappa shape index (κ3) is 28.9.